The highest BCUT2D eigenvalue weighted by atomic mass is 16.4. The van der Waals surface area contributed by atoms with Gasteiger partial charge >= 0.3 is 5.97 Å². The van der Waals surface area contributed by atoms with E-state index in [1.54, 1.807) is 48.5 Å². The second-order valence-electron chi connectivity index (χ2n) is 3.21. The molecule has 2 aromatic rings. The molecule has 0 aromatic heterocycles. The fourth-order valence-electron chi connectivity index (χ4n) is 0.856. The van der Waals surface area contributed by atoms with E-state index in [9.17, 15) is 4.79 Å². The van der Waals surface area contributed by atoms with Crippen molar-refractivity contribution in [2.75, 3.05) is 0 Å². The van der Waals surface area contributed by atoms with E-state index in [1.165, 1.54) is 0 Å². The predicted octanol–water partition coefficient (Wildman–Crippen LogP) is 3.04. The molecule has 0 saturated carbocycles. The SMILES string of the molecule is C=CC(=O)O.Oc1ccccc1.Oc1ccccc1. The van der Waals surface area contributed by atoms with Gasteiger partial charge < -0.3 is 15.3 Å². The summed E-state index contributed by atoms with van der Waals surface area (Å²) in [5, 5.41) is 24.9. The number of hydrogen-bond acceptors (Lipinski definition) is 3. The predicted molar refractivity (Wildman–Crippen MR) is 74.0 cm³/mol. The molecule has 0 amide bonds. The lowest BCUT2D eigenvalue weighted by atomic mass is 10.3. The smallest absolute Gasteiger partial charge is 0.327 e. The van der Waals surface area contributed by atoms with Gasteiger partial charge in [0.25, 0.3) is 0 Å². The van der Waals surface area contributed by atoms with Gasteiger partial charge in [0.1, 0.15) is 11.5 Å². The maximum absolute atomic E-state index is 9.25. The van der Waals surface area contributed by atoms with Crippen molar-refractivity contribution < 1.29 is 20.1 Å². The first-order valence-electron chi connectivity index (χ1n) is 5.39. The van der Waals surface area contributed by atoms with Crippen molar-refractivity contribution in [3.63, 3.8) is 0 Å². The van der Waals surface area contributed by atoms with Crippen LogP contribution in [0.4, 0.5) is 0 Å². The Morgan fingerprint density at radius 3 is 1.21 bits per heavy atom. The number of phenols is 2. The minimum atomic E-state index is -0.981. The lowest BCUT2D eigenvalue weighted by Crippen LogP contribution is -1.82. The van der Waals surface area contributed by atoms with Crippen molar-refractivity contribution in [3.8, 4) is 11.5 Å². The van der Waals surface area contributed by atoms with Crippen molar-refractivity contribution >= 4 is 5.97 Å². The highest BCUT2D eigenvalue weighted by molar-refractivity contribution is 5.78. The van der Waals surface area contributed by atoms with Crippen LogP contribution >= 0.6 is 0 Å². The Morgan fingerprint density at radius 2 is 1.11 bits per heavy atom. The van der Waals surface area contributed by atoms with E-state index in [1.807, 2.05) is 12.1 Å². The van der Waals surface area contributed by atoms with Crippen LogP contribution in [-0.2, 0) is 4.79 Å². The van der Waals surface area contributed by atoms with Crippen LogP contribution in [0.15, 0.2) is 73.3 Å². The second kappa shape index (κ2) is 10.4. The Kier molecular flexibility index (Phi) is 8.90. The van der Waals surface area contributed by atoms with E-state index in [-0.39, 0.29) is 0 Å². The molecule has 3 N–H and O–H groups in total. The molecule has 4 heteroatoms. The molecule has 0 aliphatic rings. The molecule has 0 aliphatic heterocycles. The van der Waals surface area contributed by atoms with Crippen LogP contribution in [-0.4, -0.2) is 21.3 Å². The van der Waals surface area contributed by atoms with Gasteiger partial charge in [-0.15, -0.1) is 0 Å². The molecule has 0 spiro atoms. The zero-order chi connectivity index (χ0) is 14.5. The van der Waals surface area contributed by atoms with E-state index < -0.39 is 5.97 Å². The summed E-state index contributed by atoms with van der Waals surface area (Å²) in [5.74, 6) is -0.338. The van der Waals surface area contributed by atoms with Crippen LogP contribution < -0.4 is 0 Å². The van der Waals surface area contributed by atoms with Gasteiger partial charge in [0.05, 0.1) is 0 Å². The Morgan fingerprint density at radius 1 is 0.842 bits per heavy atom. The summed E-state index contributed by atoms with van der Waals surface area (Å²) in [6.07, 6.45) is 0.833. The molecule has 100 valence electrons. The summed E-state index contributed by atoms with van der Waals surface area (Å²) in [5.41, 5.74) is 0. The first kappa shape index (κ1) is 16.2. The number of carboxylic acids is 1. The van der Waals surface area contributed by atoms with E-state index in [0.29, 0.717) is 11.5 Å². The topological polar surface area (TPSA) is 77.8 Å². The normalized spacial score (nSPS) is 8.00. The number of phenolic OH excluding ortho intramolecular Hbond substituents is 2. The Hall–Kier alpha value is -2.75. The van der Waals surface area contributed by atoms with E-state index >= 15 is 0 Å². The van der Waals surface area contributed by atoms with Crippen molar-refractivity contribution in [1.82, 2.24) is 0 Å². The molecule has 0 bridgehead atoms. The van der Waals surface area contributed by atoms with Crippen LogP contribution in [0.2, 0.25) is 0 Å². The van der Waals surface area contributed by atoms with Gasteiger partial charge in [0, 0.05) is 6.08 Å². The third-order valence-corrected chi connectivity index (χ3v) is 1.69. The van der Waals surface area contributed by atoms with Crippen LogP contribution in [0.5, 0.6) is 11.5 Å². The average Bonchev–Trinajstić information content (AvgIpc) is 2.42. The molecule has 0 saturated heterocycles. The number of hydrogen-bond donors (Lipinski definition) is 3. The largest absolute Gasteiger partial charge is 0.508 e. The molecule has 0 radical (unpaired) electrons. The van der Waals surface area contributed by atoms with Crippen LogP contribution in [0.3, 0.4) is 0 Å². The van der Waals surface area contributed by atoms with Gasteiger partial charge in [0.2, 0.25) is 0 Å². The fourth-order valence-corrected chi connectivity index (χ4v) is 0.856. The molecule has 0 unspecified atom stereocenters. The van der Waals surface area contributed by atoms with Gasteiger partial charge in [-0.2, -0.15) is 0 Å². The third kappa shape index (κ3) is 11.5. The summed E-state index contributed by atoms with van der Waals surface area (Å²) in [7, 11) is 0. The summed E-state index contributed by atoms with van der Waals surface area (Å²) >= 11 is 0. The lowest BCUT2D eigenvalue weighted by Gasteiger charge is -1.82. The maximum atomic E-state index is 9.25. The summed E-state index contributed by atoms with van der Waals surface area (Å²) in [6, 6.07) is 17.4. The summed E-state index contributed by atoms with van der Waals surface area (Å²) in [6.45, 7) is 2.96. The number of aromatic hydroxyl groups is 2. The van der Waals surface area contributed by atoms with Crippen molar-refractivity contribution in [1.29, 1.82) is 0 Å². The molecule has 2 rings (SSSR count). The molecule has 4 nitrogen and oxygen atoms in total. The highest BCUT2D eigenvalue weighted by Gasteiger charge is 1.75. The van der Waals surface area contributed by atoms with Crippen LogP contribution in [0, 0.1) is 0 Å². The number of para-hydroxylation sites is 2. The van der Waals surface area contributed by atoms with Gasteiger partial charge in [-0.05, 0) is 24.3 Å². The standard InChI is InChI=1S/2C6H6O.C3H4O2/c2*7-6-4-2-1-3-5-6;1-2-3(4)5/h2*1-5,7H;2H,1H2,(H,4,5). The van der Waals surface area contributed by atoms with E-state index in [2.05, 4.69) is 6.58 Å². The van der Waals surface area contributed by atoms with Gasteiger partial charge in [0.15, 0.2) is 0 Å². The number of carbonyl (C=O) groups is 1. The van der Waals surface area contributed by atoms with Crippen LogP contribution in [0.25, 0.3) is 0 Å². The van der Waals surface area contributed by atoms with Crippen LogP contribution in [0.1, 0.15) is 0 Å². The fraction of sp³-hybridized carbons (Fsp3) is 0. The molecular weight excluding hydrogens is 244 g/mol. The van der Waals surface area contributed by atoms with Crippen molar-refractivity contribution in [2.24, 2.45) is 0 Å². The number of rotatable bonds is 1. The Bertz CT molecular complexity index is 429. The maximum Gasteiger partial charge on any atom is 0.327 e. The minimum Gasteiger partial charge on any atom is -0.508 e. The molecular formula is C15H16O4. The lowest BCUT2D eigenvalue weighted by molar-refractivity contribution is -0.131. The zero-order valence-corrected chi connectivity index (χ0v) is 10.3. The second-order valence-corrected chi connectivity index (χ2v) is 3.21. The van der Waals surface area contributed by atoms with E-state index in [0.717, 1.165) is 6.08 Å². The number of aliphatic carboxylic acids is 1. The number of benzene rings is 2. The molecule has 19 heavy (non-hydrogen) atoms. The molecule has 0 heterocycles. The van der Waals surface area contributed by atoms with Gasteiger partial charge in [-0.25, -0.2) is 4.79 Å². The average molecular weight is 260 g/mol. The number of carboxylic acid groups (broad SMARTS) is 1. The Balaban J connectivity index is 0.000000261. The molecule has 0 atom stereocenters. The summed E-state index contributed by atoms with van der Waals surface area (Å²) < 4.78 is 0. The highest BCUT2D eigenvalue weighted by Crippen LogP contribution is 2.03. The van der Waals surface area contributed by atoms with E-state index in [4.69, 9.17) is 15.3 Å². The van der Waals surface area contributed by atoms with Gasteiger partial charge in [-0.3, -0.25) is 0 Å². The first-order valence-corrected chi connectivity index (χ1v) is 5.39. The summed E-state index contributed by atoms with van der Waals surface area (Å²) in [4.78, 5) is 9.25. The van der Waals surface area contributed by atoms with Gasteiger partial charge in [-0.1, -0.05) is 43.0 Å². The quantitative estimate of drug-likeness (QED) is 0.689. The molecule has 2 aromatic carbocycles. The third-order valence-electron chi connectivity index (χ3n) is 1.69. The van der Waals surface area contributed by atoms with Crippen molar-refractivity contribution in [3.05, 3.63) is 73.3 Å². The zero-order valence-electron chi connectivity index (χ0n) is 10.3. The first-order chi connectivity index (χ1) is 9.06. The monoisotopic (exact) mass is 260 g/mol. The molecule has 0 fully saturated rings. The van der Waals surface area contributed by atoms with Crippen molar-refractivity contribution in [2.45, 2.75) is 0 Å². The Labute approximate surface area is 111 Å². The minimum absolute atomic E-state index is 0.322. The molecule has 0 aliphatic carbocycles.